The molecule has 6 nitrogen and oxygen atoms in total. The fraction of sp³-hybridized carbons (Fsp3) is 0.316. The van der Waals surface area contributed by atoms with Gasteiger partial charge >= 0.3 is 0 Å². The molecule has 2 aliphatic rings. The summed E-state index contributed by atoms with van der Waals surface area (Å²) in [7, 11) is 0. The molecule has 4 heterocycles. The highest BCUT2D eigenvalue weighted by Gasteiger charge is 2.41. The van der Waals surface area contributed by atoms with Gasteiger partial charge < -0.3 is 14.8 Å². The quantitative estimate of drug-likeness (QED) is 0.661. The highest BCUT2D eigenvalue weighted by Crippen LogP contribution is 2.28. The van der Waals surface area contributed by atoms with Crippen LogP contribution in [-0.4, -0.2) is 50.5 Å². The average Bonchev–Trinajstić information content (AvgIpc) is 3.49. The molecule has 10 heteroatoms. The Hall–Kier alpha value is -2.72. The Morgan fingerprint density at radius 1 is 1.24 bits per heavy atom. The van der Waals surface area contributed by atoms with E-state index in [2.05, 4.69) is 15.3 Å². The summed E-state index contributed by atoms with van der Waals surface area (Å²) in [4.78, 5) is 23.6. The number of amides is 1. The highest BCUT2D eigenvalue weighted by atomic mass is 32.1. The number of hydrogen-bond acceptors (Lipinski definition) is 5. The summed E-state index contributed by atoms with van der Waals surface area (Å²) >= 11 is 1.34. The third kappa shape index (κ3) is 3.12. The molecule has 2 aliphatic heterocycles. The Balaban J connectivity index is 1.55. The number of likely N-dealkylation sites (tertiary alicyclic amines) is 1. The standard InChI is InChI=1S/C19H16F3N5OS/c20-13-3-10(4-14(21)16(13)22)8-27-15(7-25-17(27)18-23-1-2-29-18)19(28)26-9-11-5-12(26)6-24-11/h1-4,7,11-12,24H,5-6,8-9H2/t11-,12-/m1/s1. The Labute approximate surface area is 168 Å². The van der Waals surface area contributed by atoms with E-state index in [4.69, 9.17) is 0 Å². The van der Waals surface area contributed by atoms with Crippen molar-refractivity contribution in [3.05, 3.63) is 58.6 Å². The monoisotopic (exact) mass is 419 g/mol. The van der Waals surface area contributed by atoms with Crippen LogP contribution in [0.5, 0.6) is 0 Å². The Morgan fingerprint density at radius 3 is 2.66 bits per heavy atom. The second kappa shape index (κ2) is 6.96. The molecule has 2 saturated heterocycles. The zero-order chi connectivity index (χ0) is 20.1. The van der Waals surface area contributed by atoms with Gasteiger partial charge in [0.1, 0.15) is 5.69 Å². The lowest BCUT2D eigenvalue weighted by molar-refractivity contribution is 0.0705. The molecule has 1 N–H and O–H groups in total. The minimum Gasteiger partial charge on any atom is -0.331 e. The van der Waals surface area contributed by atoms with Gasteiger partial charge in [-0.05, 0) is 24.1 Å². The maximum atomic E-state index is 13.7. The van der Waals surface area contributed by atoms with Crippen LogP contribution < -0.4 is 5.32 Å². The summed E-state index contributed by atoms with van der Waals surface area (Å²) in [6.07, 6.45) is 3.99. The van der Waals surface area contributed by atoms with Crippen molar-refractivity contribution in [1.82, 2.24) is 24.8 Å². The van der Waals surface area contributed by atoms with Crippen molar-refractivity contribution in [3.63, 3.8) is 0 Å². The van der Waals surface area contributed by atoms with Crippen LogP contribution in [0.25, 0.3) is 10.8 Å². The van der Waals surface area contributed by atoms with E-state index in [9.17, 15) is 18.0 Å². The van der Waals surface area contributed by atoms with Crippen LogP contribution in [-0.2, 0) is 6.54 Å². The van der Waals surface area contributed by atoms with Gasteiger partial charge in [-0.3, -0.25) is 4.79 Å². The first-order valence-corrected chi connectivity index (χ1v) is 10.0. The van der Waals surface area contributed by atoms with E-state index in [-0.39, 0.29) is 24.1 Å². The molecule has 0 radical (unpaired) electrons. The summed E-state index contributed by atoms with van der Waals surface area (Å²) in [6.45, 7) is 1.32. The summed E-state index contributed by atoms with van der Waals surface area (Å²) in [5, 5.41) is 5.70. The molecule has 0 aliphatic carbocycles. The maximum absolute atomic E-state index is 13.7. The van der Waals surface area contributed by atoms with Crippen LogP contribution in [0.3, 0.4) is 0 Å². The van der Waals surface area contributed by atoms with E-state index in [0.29, 0.717) is 29.1 Å². The van der Waals surface area contributed by atoms with Gasteiger partial charge in [-0.25, -0.2) is 23.1 Å². The molecule has 1 aromatic carbocycles. The van der Waals surface area contributed by atoms with Crippen molar-refractivity contribution < 1.29 is 18.0 Å². The molecule has 0 unspecified atom stereocenters. The van der Waals surface area contributed by atoms with Crippen LogP contribution in [0, 0.1) is 17.5 Å². The molecule has 3 aromatic rings. The number of nitrogens with one attached hydrogen (secondary N) is 1. The van der Waals surface area contributed by atoms with E-state index < -0.39 is 17.5 Å². The molecule has 5 rings (SSSR count). The first kappa shape index (κ1) is 18.3. The molecule has 2 bridgehead atoms. The number of carbonyl (C=O) groups is 1. The number of thiazole rings is 1. The fourth-order valence-corrected chi connectivity index (χ4v) is 4.69. The molecular weight excluding hydrogens is 403 g/mol. The normalized spacial score (nSPS) is 20.6. The molecule has 1 amide bonds. The van der Waals surface area contributed by atoms with Crippen molar-refractivity contribution in [1.29, 1.82) is 0 Å². The number of fused-ring (bicyclic) bond motifs is 2. The van der Waals surface area contributed by atoms with E-state index in [1.165, 1.54) is 17.5 Å². The number of piperazine rings is 1. The van der Waals surface area contributed by atoms with Crippen LogP contribution in [0.2, 0.25) is 0 Å². The maximum Gasteiger partial charge on any atom is 0.272 e. The lowest BCUT2D eigenvalue weighted by Gasteiger charge is -2.27. The number of nitrogens with zero attached hydrogens (tertiary/aromatic N) is 4. The number of hydrogen-bond donors (Lipinski definition) is 1. The molecule has 29 heavy (non-hydrogen) atoms. The van der Waals surface area contributed by atoms with Crippen molar-refractivity contribution >= 4 is 17.2 Å². The van der Waals surface area contributed by atoms with E-state index in [1.807, 2.05) is 4.90 Å². The topological polar surface area (TPSA) is 63.1 Å². The van der Waals surface area contributed by atoms with Crippen LogP contribution >= 0.6 is 11.3 Å². The third-order valence-corrected chi connectivity index (χ3v) is 6.17. The second-order valence-electron chi connectivity index (χ2n) is 7.22. The first-order chi connectivity index (χ1) is 14.0. The van der Waals surface area contributed by atoms with Crippen LogP contribution in [0.4, 0.5) is 13.2 Å². The van der Waals surface area contributed by atoms with E-state index >= 15 is 0 Å². The number of benzene rings is 1. The van der Waals surface area contributed by atoms with Gasteiger partial charge in [0.25, 0.3) is 5.91 Å². The van der Waals surface area contributed by atoms with Crippen molar-refractivity contribution in [2.24, 2.45) is 0 Å². The van der Waals surface area contributed by atoms with Gasteiger partial charge in [-0.15, -0.1) is 11.3 Å². The van der Waals surface area contributed by atoms with E-state index in [0.717, 1.165) is 25.1 Å². The summed E-state index contributed by atoms with van der Waals surface area (Å²) < 4.78 is 42.4. The lowest BCUT2D eigenvalue weighted by Crippen LogP contribution is -2.47. The minimum absolute atomic E-state index is 0.0374. The molecule has 2 atom stereocenters. The van der Waals surface area contributed by atoms with Crippen LogP contribution in [0.1, 0.15) is 22.5 Å². The summed E-state index contributed by atoms with van der Waals surface area (Å²) in [5.74, 6) is -3.82. The summed E-state index contributed by atoms with van der Waals surface area (Å²) in [5.41, 5.74) is 0.503. The fourth-order valence-electron chi connectivity index (χ4n) is 4.05. The Kier molecular flexibility index (Phi) is 4.39. The molecule has 2 fully saturated rings. The van der Waals surface area contributed by atoms with Crippen molar-refractivity contribution in [2.45, 2.75) is 25.0 Å². The Morgan fingerprint density at radius 2 is 2.03 bits per heavy atom. The lowest BCUT2D eigenvalue weighted by atomic mass is 10.2. The molecule has 150 valence electrons. The average molecular weight is 419 g/mol. The van der Waals surface area contributed by atoms with E-state index in [1.54, 1.807) is 16.1 Å². The first-order valence-electron chi connectivity index (χ1n) is 9.14. The summed E-state index contributed by atoms with van der Waals surface area (Å²) in [6, 6.07) is 2.28. The highest BCUT2D eigenvalue weighted by molar-refractivity contribution is 7.13. The predicted molar refractivity (Wildman–Crippen MR) is 100.0 cm³/mol. The van der Waals surface area contributed by atoms with Gasteiger partial charge in [0.15, 0.2) is 28.3 Å². The van der Waals surface area contributed by atoms with Gasteiger partial charge in [-0.2, -0.15) is 0 Å². The van der Waals surface area contributed by atoms with Crippen LogP contribution in [0.15, 0.2) is 29.9 Å². The number of carbonyl (C=O) groups excluding carboxylic acids is 1. The number of imidazole rings is 1. The molecule has 0 saturated carbocycles. The SMILES string of the molecule is O=C(c1cnc(-c2nccs2)n1Cc1cc(F)c(F)c(F)c1)N1C[C@H]2C[C@@H]1CN2. The third-order valence-electron chi connectivity index (χ3n) is 5.40. The van der Waals surface area contributed by atoms with Gasteiger partial charge in [0, 0.05) is 36.8 Å². The van der Waals surface area contributed by atoms with Gasteiger partial charge in [-0.1, -0.05) is 0 Å². The zero-order valence-corrected chi connectivity index (χ0v) is 15.9. The predicted octanol–water partition coefficient (Wildman–Crippen LogP) is 2.66. The Bertz CT molecular complexity index is 1060. The molecule has 2 aromatic heterocycles. The minimum atomic E-state index is -1.52. The van der Waals surface area contributed by atoms with Crippen molar-refractivity contribution in [3.8, 4) is 10.8 Å². The largest absolute Gasteiger partial charge is 0.331 e. The smallest absolute Gasteiger partial charge is 0.272 e. The molecule has 0 spiro atoms. The van der Waals surface area contributed by atoms with Gasteiger partial charge in [0.05, 0.1) is 12.7 Å². The molecular formula is C19H16F3N5OS. The second-order valence-corrected chi connectivity index (χ2v) is 8.11. The number of rotatable bonds is 4. The van der Waals surface area contributed by atoms with Crippen molar-refractivity contribution in [2.75, 3.05) is 13.1 Å². The zero-order valence-electron chi connectivity index (χ0n) is 15.1. The number of halogens is 3. The van der Waals surface area contributed by atoms with Gasteiger partial charge in [0.2, 0.25) is 0 Å². The number of aromatic nitrogens is 3.